The largest absolute Gasteiger partial charge is 0.484 e. The number of carbonyl (C=O) groups excluding carboxylic acids is 1. The van der Waals surface area contributed by atoms with Gasteiger partial charge in [-0.25, -0.2) is 4.98 Å². The molecule has 0 saturated heterocycles. The lowest BCUT2D eigenvalue weighted by Crippen LogP contribution is -2.20. The molecule has 0 bridgehead atoms. The van der Waals surface area contributed by atoms with Crippen molar-refractivity contribution in [2.45, 2.75) is 0 Å². The van der Waals surface area contributed by atoms with E-state index in [2.05, 4.69) is 31.5 Å². The van der Waals surface area contributed by atoms with E-state index in [1.54, 1.807) is 24.4 Å². The first-order valence-corrected chi connectivity index (χ1v) is 8.45. The lowest BCUT2D eigenvalue weighted by molar-refractivity contribution is -0.118. The van der Waals surface area contributed by atoms with Gasteiger partial charge in [-0.15, -0.1) is 0 Å². The van der Waals surface area contributed by atoms with E-state index in [1.165, 1.54) is 0 Å². The van der Waals surface area contributed by atoms with Gasteiger partial charge in [-0.2, -0.15) is 0 Å². The fraction of sp³-hybridized carbons (Fsp3) is 0.0526. The zero-order chi connectivity index (χ0) is 17.5. The van der Waals surface area contributed by atoms with E-state index in [9.17, 15) is 4.79 Å². The second-order valence-electron chi connectivity index (χ2n) is 5.19. The molecule has 2 aromatic carbocycles. The monoisotopic (exact) mass is 397 g/mol. The Balaban J connectivity index is 1.53. The molecule has 6 heteroatoms. The SMILES string of the molecule is O=C(COc1ccccc1)Nc1ccc(Nc2ccccc2Br)cn1. The Kier molecular flexibility index (Phi) is 5.64. The van der Waals surface area contributed by atoms with Crippen molar-refractivity contribution in [1.29, 1.82) is 0 Å². The van der Waals surface area contributed by atoms with Gasteiger partial charge in [-0.1, -0.05) is 30.3 Å². The first-order valence-electron chi connectivity index (χ1n) is 7.66. The van der Waals surface area contributed by atoms with Crippen LogP contribution in [0.1, 0.15) is 0 Å². The van der Waals surface area contributed by atoms with Crippen LogP contribution in [-0.4, -0.2) is 17.5 Å². The highest BCUT2D eigenvalue weighted by molar-refractivity contribution is 9.10. The van der Waals surface area contributed by atoms with Gasteiger partial charge >= 0.3 is 0 Å². The second kappa shape index (κ2) is 8.30. The number of rotatable bonds is 6. The predicted molar refractivity (Wildman–Crippen MR) is 102 cm³/mol. The Hall–Kier alpha value is -2.86. The van der Waals surface area contributed by atoms with Gasteiger partial charge < -0.3 is 15.4 Å². The standard InChI is InChI=1S/C19H16BrN3O2/c20-16-8-4-5-9-17(16)22-14-10-11-18(21-12-14)23-19(24)13-25-15-6-2-1-3-7-15/h1-12,22H,13H2,(H,21,23,24). The van der Waals surface area contributed by atoms with Crippen molar-refractivity contribution in [2.24, 2.45) is 0 Å². The molecule has 0 fully saturated rings. The van der Waals surface area contributed by atoms with Crippen LogP contribution in [0.4, 0.5) is 17.2 Å². The first-order chi connectivity index (χ1) is 12.2. The van der Waals surface area contributed by atoms with Crippen LogP contribution < -0.4 is 15.4 Å². The summed E-state index contributed by atoms with van der Waals surface area (Å²) in [6.45, 7) is -0.0668. The van der Waals surface area contributed by atoms with Gasteiger partial charge in [0, 0.05) is 4.47 Å². The van der Waals surface area contributed by atoms with Crippen molar-refractivity contribution in [3.8, 4) is 5.75 Å². The molecule has 1 amide bonds. The van der Waals surface area contributed by atoms with E-state index < -0.39 is 0 Å². The van der Waals surface area contributed by atoms with Crippen molar-refractivity contribution in [1.82, 2.24) is 4.98 Å². The molecule has 0 aliphatic rings. The summed E-state index contributed by atoms with van der Waals surface area (Å²) in [5, 5.41) is 5.96. The molecule has 0 atom stereocenters. The van der Waals surface area contributed by atoms with Crippen molar-refractivity contribution in [2.75, 3.05) is 17.2 Å². The normalized spacial score (nSPS) is 10.1. The van der Waals surface area contributed by atoms with E-state index in [1.807, 2.05) is 48.5 Å². The summed E-state index contributed by atoms with van der Waals surface area (Å²) >= 11 is 3.48. The first kappa shape index (κ1) is 17.0. The lowest BCUT2D eigenvalue weighted by atomic mass is 10.3. The van der Waals surface area contributed by atoms with Gasteiger partial charge in [0.25, 0.3) is 5.91 Å². The Morgan fingerprint density at radius 1 is 1.00 bits per heavy atom. The molecule has 0 saturated carbocycles. The van der Waals surface area contributed by atoms with Gasteiger partial charge in [0.05, 0.1) is 17.6 Å². The minimum atomic E-state index is -0.261. The van der Waals surface area contributed by atoms with Gasteiger partial charge in [-0.05, 0) is 52.3 Å². The van der Waals surface area contributed by atoms with Crippen molar-refractivity contribution in [3.63, 3.8) is 0 Å². The maximum absolute atomic E-state index is 11.9. The maximum atomic E-state index is 11.9. The van der Waals surface area contributed by atoms with Gasteiger partial charge in [-0.3, -0.25) is 4.79 Å². The summed E-state index contributed by atoms with van der Waals surface area (Å²) in [5.74, 6) is 0.862. The molecule has 0 aliphatic heterocycles. The molecule has 0 spiro atoms. The van der Waals surface area contributed by atoms with E-state index >= 15 is 0 Å². The summed E-state index contributed by atoms with van der Waals surface area (Å²) in [6, 6.07) is 20.6. The number of hydrogen-bond acceptors (Lipinski definition) is 4. The minimum Gasteiger partial charge on any atom is -0.484 e. The van der Waals surface area contributed by atoms with Crippen molar-refractivity contribution in [3.05, 3.63) is 77.4 Å². The fourth-order valence-electron chi connectivity index (χ4n) is 2.10. The molecule has 1 heterocycles. The molecule has 0 unspecified atom stereocenters. The number of para-hydroxylation sites is 2. The molecule has 1 aromatic heterocycles. The molecule has 126 valence electrons. The maximum Gasteiger partial charge on any atom is 0.263 e. The van der Waals surface area contributed by atoms with Crippen molar-refractivity contribution < 1.29 is 9.53 Å². The summed E-state index contributed by atoms with van der Waals surface area (Å²) in [5.41, 5.74) is 1.77. The topological polar surface area (TPSA) is 63.2 Å². The molecule has 0 aliphatic carbocycles. The third-order valence-electron chi connectivity index (χ3n) is 3.30. The highest BCUT2D eigenvalue weighted by atomic mass is 79.9. The highest BCUT2D eigenvalue weighted by Gasteiger charge is 2.05. The fourth-order valence-corrected chi connectivity index (χ4v) is 2.49. The molecular weight excluding hydrogens is 382 g/mol. The van der Waals surface area contributed by atoms with Crippen LogP contribution in [0.2, 0.25) is 0 Å². The molecule has 25 heavy (non-hydrogen) atoms. The Bertz CT molecular complexity index is 839. The van der Waals surface area contributed by atoms with Gasteiger partial charge in [0.15, 0.2) is 6.61 Å². The lowest BCUT2D eigenvalue weighted by Gasteiger charge is -2.10. The molecule has 3 aromatic rings. The average Bonchev–Trinajstić information content (AvgIpc) is 2.64. The summed E-state index contributed by atoms with van der Waals surface area (Å²) < 4.78 is 6.36. The predicted octanol–water partition coefficient (Wildman–Crippen LogP) is 4.61. The number of hydrogen-bond donors (Lipinski definition) is 2. The highest BCUT2D eigenvalue weighted by Crippen LogP contribution is 2.25. The molecular formula is C19H16BrN3O2. The third kappa shape index (κ3) is 5.06. The van der Waals surface area contributed by atoms with Crippen LogP contribution in [0.5, 0.6) is 5.75 Å². The van der Waals surface area contributed by atoms with Crippen LogP contribution in [0.3, 0.4) is 0 Å². The number of nitrogens with zero attached hydrogens (tertiary/aromatic N) is 1. The number of ether oxygens (including phenoxy) is 1. The Labute approximate surface area is 154 Å². The van der Waals surface area contributed by atoms with Crippen LogP contribution in [0.25, 0.3) is 0 Å². The van der Waals surface area contributed by atoms with Gasteiger partial charge in [0.1, 0.15) is 11.6 Å². The summed E-state index contributed by atoms with van der Waals surface area (Å²) in [7, 11) is 0. The smallest absolute Gasteiger partial charge is 0.263 e. The summed E-state index contributed by atoms with van der Waals surface area (Å²) in [6.07, 6.45) is 1.66. The van der Waals surface area contributed by atoms with Gasteiger partial charge in [0.2, 0.25) is 0 Å². The minimum absolute atomic E-state index is 0.0668. The number of nitrogens with one attached hydrogen (secondary N) is 2. The second-order valence-corrected chi connectivity index (χ2v) is 6.04. The summed E-state index contributed by atoms with van der Waals surface area (Å²) in [4.78, 5) is 16.1. The molecule has 0 radical (unpaired) electrons. The zero-order valence-electron chi connectivity index (χ0n) is 13.3. The number of amides is 1. The van der Waals surface area contributed by atoms with Crippen molar-refractivity contribution >= 4 is 39.0 Å². The van der Waals surface area contributed by atoms with E-state index in [0.717, 1.165) is 15.8 Å². The number of anilines is 3. The third-order valence-corrected chi connectivity index (χ3v) is 3.99. The van der Waals surface area contributed by atoms with E-state index in [4.69, 9.17) is 4.74 Å². The zero-order valence-corrected chi connectivity index (χ0v) is 14.9. The number of benzene rings is 2. The van der Waals surface area contributed by atoms with Crippen LogP contribution in [0, 0.1) is 0 Å². The van der Waals surface area contributed by atoms with E-state index in [-0.39, 0.29) is 12.5 Å². The molecule has 2 N–H and O–H groups in total. The van der Waals surface area contributed by atoms with Crippen LogP contribution in [-0.2, 0) is 4.79 Å². The Morgan fingerprint density at radius 3 is 2.48 bits per heavy atom. The van der Waals surface area contributed by atoms with Crippen LogP contribution >= 0.6 is 15.9 Å². The number of carbonyl (C=O) groups is 1. The molecule has 3 rings (SSSR count). The molecule has 5 nitrogen and oxygen atoms in total. The average molecular weight is 398 g/mol. The number of pyridine rings is 1. The van der Waals surface area contributed by atoms with E-state index in [0.29, 0.717) is 11.6 Å². The number of aromatic nitrogens is 1. The quantitative estimate of drug-likeness (QED) is 0.637. The number of halogens is 1. The Morgan fingerprint density at radius 2 is 1.76 bits per heavy atom. The van der Waals surface area contributed by atoms with Crippen LogP contribution in [0.15, 0.2) is 77.4 Å².